The zero-order valence-electron chi connectivity index (χ0n) is 36.4. The molecule has 0 heterocycles. The Morgan fingerprint density at radius 3 is 1.18 bits per heavy atom. The Kier molecular flexibility index (Phi) is 38.5. The molecule has 0 amide bonds. The van der Waals surface area contributed by atoms with Gasteiger partial charge in [-0.2, -0.15) is 0 Å². The Morgan fingerprint density at radius 2 is 0.783 bits per heavy atom. The third-order valence-electron chi connectivity index (χ3n) is 8.83. The lowest BCUT2D eigenvalue weighted by Crippen LogP contribution is -2.25. The fourth-order valence-electron chi connectivity index (χ4n) is 5.38. The highest BCUT2D eigenvalue weighted by atomic mass is 31.2. The monoisotopic (exact) mass is 896 g/mol. The van der Waals surface area contributed by atoms with Crippen LogP contribution < -0.4 is 0 Å². The molecule has 5 unspecified atom stereocenters. The molecule has 0 saturated heterocycles. The summed E-state index contributed by atoms with van der Waals surface area (Å²) in [6, 6.07) is 0. The molecule has 0 aliphatic carbocycles. The molecular formula is C43H78O15P2. The third kappa shape index (κ3) is 41.4. The van der Waals surface area contributed by atoms with E-state index in [1.807, 2.05) is 24.3 Å². The number of esters is 2. The Bertz CT molecular complexity index is 1270. The maximum Gasteiger partial charge on any atom is 0.472 e. The number of aliphatic hydroxyl groups excluding tert-OH is 3. The van der Waals surface area contributed by atoms with Crippen LogP contribution in [0.25, 0.3) is 0 Å². The summed E-state index contributed by atoms with van der Waals surface area (Å²) in [5.74, 6) is -1.02. The Morgan fingerprint density at radius 1 is 0.450 bits per heavy atom. The van der Waals surface area contributed by atoms with E-state index in [0.29, 0.717) is 12.8 Å². The largest absolute Gasteiger partial charge is 0.472 e. The number of phosphoric ester groups is 2. The van der Waals surface area contributed by atoms with Gasteiger partial charge in [-0.05, 0) is 57.8 Å². The summed E-state index contributed by atoms with van der Waals surface area (Å²) < 4.78 is 52.8. The number of carbonyl (C=O) groups excluding carboxylic acids is 2. The van der Waals surface area contributed by atoms with Crippen molar-refractivity contribution in [2.75, 3.05) is 39.6 Å². The van der Waals surface area contributed by atoms with E-state index in [4.69, 9.17) is 9.47 Å². The van der Waals surface area contributed by atoms with Crippen LogP contribution in [0.1, 0.15) is 155 Å². The van der Waals surface area contributed by atoms with Gasteiger partial charge in [-0.1, -0.05) is 133 Å². The number of rotatable bonds is 42. The first kappa shape index (κ1) is 58.0. The number of carbonyl (C=O) groups is 2. The van der Waals surface area contributed by atoms with Crippen molar-refractivity contribution >= 4 is 27.6 Å². The predicted octanol–water partition coefficient (Wildman–Crippen LogP) is 9.27. The highest BCUT2D eigenvalue weighted by Gasteiger charge is 2.28. The summed E-state index contributed by atoms with van der Waals surface area (Å²) in [6.45, 7) is 0.223. The van der Waals surface area contributed by atoms with Crippen LogP contribution in [0.2, 0.25) is 0 Å². The topological polar surface area (TPSA) is 225 Å². The molecule has 5 atom stereocenters. The van der Waals surface area contributed by atoms with Gasteiger partial charge in [-0.3, -0.25) is 27.7 Å². The number of hydrogen-bond donors (Lipinski definition) is 5. The highest BCUT2D eigenvalue weighted by Crippen LogP contribution is 2.45. The second-order valence-corrected chi connectivity index (χ2v) is 17.6. The number of phosphoric acid groups is 2. The van der Waals surface area contributed by atoms with Crippen molar-refractivity contribution in [2.45, 2.75) is 173 Å². The first-order chi connectivity index (χ1) is 28.8. The summed E-state index contributed by atoms with van der Waals surface area (Å²) in [5, 5.41) is 29.9. The van der Waals surface area contributed by atoms with Crippen molar-refractivity contribution in [3.05, 3.63) is 48.6 Å². The quantitative estimate of drug-likeness (QED) is 0.0127. The Balaban J connectivity index is 3.94. The van der Waals surface area contributed by atoms with Crippen LogP contribution in [0.15, 0.2) is 48.6 Å². The van der Waals surface area contributed by atoms with Gasteiger partial charge in [0, 0.05) is 12.8 Å². The van der Waals surface area contributed by atoms with Gasteiger partial charge in [0.1, 0.15) is 31.5 Å². The van der Waals surface area contributed by atoms with Crippen LogP contribution in [0.4, 0.5) is 0 Å². The average Bonchev–Trinajstić information content (AvgIpc) is 3.22. The SMILES string of the molecule is CC/C=C/C=C/C=C\CCCCCCCC(=O)OCC(O)COP(=O)(O)OCC(O)COP(=O)(O)OCC(O)COC(=O)CCCCCCCCC/C=C\CCCCCC. The molecule has 0 aromatic rings. The molecule has 0 radical (unpaired) electrons. The first-order valence-electron chi connectivity index (χ1n) is 22.0. The zero-order valence-corrected chi connectivity index (χ0v) is 38.2. The van der Waals surface area contributed by atoms with Crippen molar-refractivity contribution < 1.29 is 71.4 Å². The minimum atomic E-state index is -4.79. The van der Waals surface area contributed by atoms with E-state index < -0.39 is 85.5 Å². The van der Waals surface area contributed by atoms with Crippen molar-refractivity contribution in [2.24, 2.45) is 0 Å². The van der Waals surface area contributed by atoms with Gasteiger partial charge in [0.2, 0.25) is 0 Å². The molecule has 0 aromatic heterocycles. The van der Waals surface area contributed by atoms with Gasteiger partial charge < -0.3 is 34.6 Å². The van der Waals surface area contributed by atoms with Crippen molar-refractivity contribution in [1.82, 2.24) is 0 Å². The maximum absolute atomic E-state index is 12.1. The molecular weight excluding hydrogens is 818 g/mol. The second kappa shape index (κ2) is 39.8. The number of hydrogen-bond acceptors (Lipinski definition) is 13. The van der Waals surface area contributed by atoms with Gasteiger partial charge >= 0.3 is 27.6 Å². The lowest BCUT2D eigenvalue weighted by Gasteiger charge is -2.19. The summed E-state index contributed by atoms with van der Waals surface area (Å²) in [7, 11) is -9.57. The van der Waals surface area contributed by atoms with Crippen LogP contribution in [0.5, 0.6) is 0 Å². The molecule has 0 aliphatic rings. The number of aliphatic hydroxyl groups is 3. The Hall–Kier alpha value is -2.00. The molecule has 0 spiro atoms. The lowest BCUT2D eigenvalue weighted by atomic mass is 10.1. The van der Waals surface area contributed by atoms with E-state index in [9.17, 15) is 43.8 Å². The summed E-state index contributed by atoms with van der Waals surface area (Å²) in [5.41, 5.74) is 0. The summed E-state index contributed by atoms with van der Waals surface area (Å²) >= 11 is 0. The lowest BCUT2D eigenvalue weighted by molar-refractivity contribution is -0.148. The molecule has 0 saturated carbocycles. The Labute approximate surface area is 359 Å². The van der Waals surface area contributed by atoms with Gasteiger partial charge in [-0.15, -0.1) is 0 Å². The van der Waals surface area contributed by atoms with E-state index >= 15 is 0 Å². The molecule has 0 bridgehead atoms. The first-order valence-corrected chi connectivity index (χ1v) is 25.0. The molecule has 0 aromatic carbocycles. The van der Waals surface area contributed by atoms with Crippen molar-refractivity contribution in [3.63, 3.8) is 0 Å². The minimum absolute atomic E-state index is 0.172. The maximum atomic E-state index is 12.1. The summed E-state index contributed by atoms with van der Waals surface area (Å²) in [6.07, 6.45) is 33.9. The summed E-state index contributed by atoms with van der Waals surface area (Å²) in [4.78, 5) is 43.6. The van der Waals surface area contributed by atoms with Gasteiger partial charge in [0.15, 0.2) is 0 Å². The van der Waals surface area contributed by atoms with Crippen LogP contribution in [-0.2, 0) is 46.3 Å². The third-order valence-corrected chi connectivity index (χ3v) is 10.7. The van der Waals surface area contributed by atoms with E-state index in [1.165, 1.54) is 44.9 Å². The molecule has 17 heteroatoms. The zero-order chi connectivity index (χ0) is 44.6. The smallest absolute Gasteiger partial charge is 0.463 e. The molecule has 350 valence electrons. The number of allylic oxidation sites excluding steroid dienone is 8. The normalized spacial score (nSPS) is 15.8. The average molecular weight is 897 g/mol. The van der Waals surface area contributed by atoms with E-state index in [0.717, 1.165) is 70.6 Å². The second-order valence-electron chi connectivity index (χ2n) is 14.7. The van der Waals surface area contributed by atoms with E-state index in [-0.39, 0.29) is 12.8 Å². The fourth-order valence-corrected chi connectivity index (χ4v) is 6.97. The molecule has 5 N–H and O–H groups in total. The minimum Gasteiger partial charge on any atom is -0.463 e. The fraction of sp³-hybridized carbons (Fsp3) is 0.767. The standard InChI is InChI=1S/C43H78O15P2/c1-3-5-7-9-11-13-15-17-18-20-22-24-26-28-30-32-43(48)54-34-40(45)36-56-60(51,52)58-38-41(46)37-57-59(49,50)55-35-39(44)33-53-42(47)31-29-27-25-23-21-19-16-14-12-10-8-6-4-2/h6,8,10,12-16,39-41,44-46H,3-5,7,9,11,17-38H2,1-2H3,(H,49,50)(H,51,52)/b8-6+,12-10+,15-13-,16-14-. The highest BCUT2D eigenvalue weighted by molar-refractivity contribution is 7.47. The van der Waals surface area contributed by atoms with Crippen LogP contribution in [0.3, 0.4) is 0 Å². The van der Waals surface area contributed by atoms with Crippen LogP contribution in [-0.4, -0.2) is 95.0 Å². The molecule has 60 heavy (non-hydrogen) atoms. The van der Waals surface area contributed by atoms with Crippen molar-refractivity contribution in [3.8, 4) is 0 Å². The van der Waals surface area contributed by atoms with Crippen LogP contribution >= 0.6 is 15.6 Å². The molecule has 0 aliphatic heterocycles. The molecule has 15 nitrogen and oxygen atoms in total. The molecule has 0 rings (SSSR count). The van der Waals surface area contributed by atoms with Crippen molar-refractivity contribution in [1.29, 1.82) is 0 Å². The number of ether oxygens (including phenoxy) is 2. The van der Waals surface area contributed by atoms with E-state index in [1.54, 1.807) is 0 Å². The predicted molar refractivity (Wildman–Crippen MR) is 233 cm³/mol. The van der Waals surface area contributed by atoms with Crippen LogP contribution in [0, 0.1) is 0 Å². The van der Waals surface area contributed by atoms with Gasteiger partial charge in [0.25, 0.3) is 0 Å². The van der Waals surface area contributed by atoms with Gasteiger partial charge in [0.05, 0.1) is 26.4 Å². The van der Waals surface area contributed by atoms with E-state index in [2.05, 4.69) is 56.2 Å². The molecule has 0 fully saturated rings. The number of unbranched alkanes of at least 4 members (excludes halogenated alkanes) is 16. The van der Waals surface area contributed by atoms with Gasteiger partial charge in [-0.25, -0.2) is 9.13 Å².